The van der Waals surface area contributed by atoms with Crippen molar-refractivity contribution in [2.24, 2.45) is 11.7 Å². The number of rotatable bonds is 4. The zero-order chi connectivity index (χ0) is 17.3. The minimum Gasteiger partial charge on any atom is -0.369 e. The van der Waals surface area contributed by atoms with Crippen molar-refractivity contribution in [3.8, 4) is 11.3 Å². The third kappa shape index (κ3) is 2.78. The summed E-state index contributed by atoms with van der Waals surface area (Å²) in [6.07, 6.45) is 0. The minimum atomic E-state index is -0.391. The van der Waals surface area contributed by atoms with Gasteiger partial charge in [0.2, 0.25) is 5.91 Å². The number of benzene rings is 2. The van der Waals surface area contributed by atoms with Crippen LogP contribution in [0, 0.1) is 5.92 Å². The van der Waals surface area contributed by atoms with Crippen molar-refractivity contribution < 1.29 is 4.79 Å². The van der Waals surface area contributed by atoms with E-state index in [1.807, 2.05) is 55.5 Å². The van der Waals surface area contributed by atoms with Gasteiger partial charge in [0, 0.05) is 22.3 Å². The van der Waals surface area contributed by atoms with Gasteiger partial charge in [-0.25, -0.2) is 4.98 Å². The number of amides is 1. The molecule has 1 aromatic heterocycles. The number of aromatic nitrogens is 1. The lowest BCUT2D eigenvalue weighted by Crippen LogP contribution is -2.37. The molecule has 0 bridgehead atoms. The Labute approximate surface area is 142 Å². The Balaban J connectivity index is 2.28. The van der Waals surface area contributed by atoms with Crippen molar-refractivity contribution in [1.29, 1.82) is 0 Å². The predicted octanol–water partition coefficient (Wildman–Crippen LogP) is 4.30. The third-order valence-corrected chi connectivity index (χ3v) is 4.99. The van der Waals surface area contributed by atoms with Crippen LogP contribution in [0.4, 0.5) is 0 Å². The smallest absolute Gasteiger partial charge is 0.221 e. The molecule has 2 aromatic carbocycles. The monoisotopic (exact) mass is 318 g/mol. The number of nitrogens with two attached hydrogens (primary N) is 1. The maximum atomic E-state index is 11.8. The Morgan fingerprint density at radius 3 is 2.33 bits per heavy atom. The van der Waals surface area contributed by atoms with Gasteiger partial charge in [-0.2, -0.15) is 0 Å². The molecule has 0 aliphatic heterocycles. The van der Waals surface area contributed by atoms with E-state index in [9.17, 15) is 4.79 Å². The van der Waals surface area contributed by atoms with E-state index in [2.05, 4.69) is 26.0 Å². The molecule has 3 aromatic rings. The van der Waals surface area contributed by atoms with Gasteiger partial charge in [-0.1, -0.05) is 69.3 Å². The number of pyridine rings is 1. The maximum Gasteiger partial charge on any atom is 0.221 e. The van der Waals surface area contributed by atoms with Crippen LogP contribution in [0.15, 0.2) is 60.7 Å². The van der Waals surface area contributed by atoms with E-state index < -0.39 is 5.41 Å². The van der Waals surface area contributed by atoms with Crippen LogP contribution in [0.5, 0.6) is 0 Å². The molecule has 122 valence electrons. The predicted molar refractivity (Wildman–Crippen MR) is 98.6 cm³/mol. The molecule has 1 amide bonds. The van der Waals surface area contributed by atoms with Crippen molar-refractivity contribution in [3.63, 3.8) is 0 Å². The van der Waals surface area contributed by atoms with E-state index in [-0.39, 0.29) is 11.8 Å². The zero-order valence-electron chi connectivity index (χ0n) is 14.3. The molecule has 0 saturated carbocycles. The number of carbonyl (C=O) groups is 1. The number of hydrogen-bond acceptors (Lipinski definition) is 2. The molecule has 0 aliphatic carbocycles. The van der Waals surface area contributed by atoms with Crippen molar-refractivity contribution >= 4 is 16.8 Å². The molecule has 0 aliphatic rings. The van der Waals surface area contributed by atoms with E-state index in [1.165, 1.54) is 0 Å². The van der Waals surface area contributed by atoms with E-state index in [1.54, 1.807) is 0 Å². The van der Waals surface area contributed by atoms with Crippen LogP contribution >= 0.6 is 0 Å². The largest absolute Gasteiger partial charge is 0.369 e. The number of fused-ring (bicyclic) bond motifs is 1. The molecule has 1 unspecified atom stereocenters. The highest BCUT2D eigenvalue weighted by Crippen LogP contribution is 2.37. The second kappa shape index (κ2) is 6.08. The minimum absolute atomic E-state index is 0.285. The topological polar surface area (TPSA) is 56.0 Å². The molecule has 3 heteroatoms. The molecule has 1 atom stereocenters. The fourth-order valence-corrected chi connectivity index (χ4v) is 3.05. The Morgan fingerprint density at radius 2 is 1.67 bits per heavy atom. The third-order valence-electron chi connectivity index (χ3n) is 4.99. The van der Waals surface area contributed by atoms with Gasteiger partial charge in [0.15, 0.2) is 0 Å². The molecule has 24 heavy (non-hydrogen) atoms. The van der Waals surface area contributed by atoms with E-state index in [4.69, 9.17) is 10.7 Å². The molecular formula is C21H22N2O. The highest BCUT2D eigenvalue weighted by Gasteiger charge is 2.33. The molecule has 1 heterocycles. The number of primary amides is 1. The molecule has 3 rings (SSSR count). The fourth-order valence-electron chi connectivity index (χ4n) is 3.05. The van der Waals surface area contributed by atoms with E-state index in [0.717, 1.165) is 27.7 Å². The summed E-state index contributed by atoms with van der Waals surface area (Å²) >= 11 is 0. The molecule has 3 nitrogen and oxygen atoms in total. The quantitative estimate of drug-likeness (QED) is 0.779. The lowest BCUT2D eigenvalue weighted by molar-refractivity contribution is -0.123. The summed E-state index contributed by atoms with van der Waals surface area (Å²) in [5, 5.41) is 1.07. The van der Waals surface area contributed by atoms with Gasteiger partial charge in [0.05, 0.1) is 11.2 Å². The van der Waals surface area contributed by atoms with Crippen molar-refractivity contribution in [2.45, 2.75) is 26.2 Å². The van der Waals surface area contributed by atoms with Crippen LogP contribution < -0.4 is 5.73 Å². The Bertz CT molecular complexity index is 885. The highest BCUT2D eigenvalue weighted by atomic mass is 16.1. The first kappa shape index (κ1) is 16.2. The summed E-state index contributed by atoms with van der Waals surface area (Å²) in [6.45, 7) is 6.03. The molecule has 0 radical (unpaired) electrons. The van der Waals surface area contributed by atoms with Gasteiger partial charge in [-0.15, -0.1) is 0 Å². The summed E-state index contributed by atoms with van der Waals surface area (Å²) in [5.74, 6) is -0.575. The van der Waals surface area contributed by atoms with Gasteiger partial charge < -0.3 is 5.73 Å². The van der Waals surface area contributed by atoms with Crippen LogP contribution in [0.1, 0.15) is 26.3 Å². The summed E-state index contributed by atoms with van der Waals surface area (Å²) < 4.78 is 0. The number of nitrogens with zero attached hydrogens (tertiary/aromatic N) is 1. The number of hydrogen-bond donors (Lipinski definition) is 1. The highest BCUT2D eigenvalue weighted by molar-refractivity contribution is 5.88. The second-order valence-electron chi connectivity index (χ2n) is 6.78. The lowest BCUT2D eigenvalue weighted by Gasteiger charge is -2.31. The number of carbonyl (C=O) groups excluding carboxylic acids is 1. The van der Waals surface area contributed by atoms with Crippen molar-refractivity contribution in [3.05, 3.63) is 66.2 Å². The van der Waals surface area contributed by atoms with Gasteiger partial charge in [0.25, 0.3) is 0 Å². The van der Waals surface area contributed by atoms with Crippen LogP contribution in [0.25, 0.3) is 22.2 Å². The molecule has 2 N–H and O–H groups in total. The first-order chi connectivity index (χ1) is 11.4. The molecular weight excluding hydrogens is 296 g/mol. The van der Waals surface area contributed by atoms with Crippen LogP contribution in [0.3, 0.4) is 0 Å². The van der Waals surface area contributed by atoms with Crippen LogP contribution in [-0.4, -0.2) is 10.9 Å². The molecule has 0 saturated heterocycles. The Morgan fingerprint density at radius 1 is 1.04 bits per heavy atom. The van der Waals surface area contributed by atoms with Gasteiger partial charge in [-0.3, -0.25) is 4.79 Å². The average Bonchev–Trinajstić information content (AvgIpc) is 2.60. The second-order valence-corrected chi connectivity index (χ2v) is 6.78. The number of para-hydroxylation sites is 1. The summed E-state index contributed by atoms with van der Waals surface area (Å²) in [7, 11) is 0. The Hall–Kier alpha value is -2.68. The normalized spacial score (nSPS) is 13.0. The first-order valence-electron chi connectivity index (χ1n) is 8.16. The van der Waals surface area contributed by atoms with Gasteiger partial charge in [0.1, 0.15) is 0 Å². The van der Waals surface area contributed by atoms with Crippen molar-refractivity contribution in [2.75, 3.05) is 0 Å². The maximum absolute atomic E-state index is 11.8. The average molecular weight is 318 g/mol. The van der Waals surface area contributed by atoms with Gasteiger partial charge in [-0.05, 0) is 17.7 Å². The Kier molecular flexibility index (Phi) is 4.10. The molecule has 0 spiro atoms. The van der Waals surface area contributed by atoms with Gasteiger partial charge >= 0.3 is 0 Å². The molecule has 0 fully saturated rings. The summed E-state index contributed by atoms with van der Waals surface area (Å²) in [6, 6.07) is 20.2. The van der Waals surface area contributed by atoms with Crippen LogP contribution in [0.2, 0.25) is 0 Å². The zero-order valence-corrected chi connectivity index (χ0v) is 14.3. The van der Waals surface area contributed by atoms with E-state index in [0.29, 0.717) is 0 Å². The van der Waals surface area contributed by atoms with E-state index >= 15 is 0 Å². The van der Waals surface area contributed by atoms with Crippen molar-refractivity contribution in [1.82, 2.24) is 4.98 Å². The fraction of sp³-hybridized carbons (Fsp3) is 0.238. The van der Waals surface area contributed by atoms with Crippen LogP contribution in [-0.2, 0) is 10.2 Å². The first-order valence-corrected chi connectivity index (χ1v) is 8.16. The lowest BCUT2D eigenvalue weighted by atomic mass is 9.72. The standard InChI is InChI=1S/C21H22N2O/c1-14(20(22)24)21(2,3)17-13-19(15-9-5-4-6-10-15)23-18-12-8-7-11-16(17)18/h4-14H,1-3H3,(H2,22,24). The SMILES string of the molecule is CC(C(N)=O)C(C)(C)c1cc(-c2ccccc2)nc2ccccc12. The summed E-state index contributed by atoms with van der Waals surface area (Å²) in [5.41, 5.74) is 9.21. The summed E-state index contributed by atoms with van der Waals surface area (Å²) in [4.78, 5) is 16.6.